The van der Waals surface area contributed by atoms with E-state index in [1.807, 2.05) is 0 Å². The highest BCUT2D eigenvalue weighted by Gasteiger charge is 2.32. The first-order chi connectivity index (χ1) is 12.6. The Morgan fingerprint density at radius 1 is 1.14 bits per heavy atom. The van der Waals surface area contributed by atoms with Crippen molar-refractivity contribution in [3.8, 4) is 17.0 Å². The van der Waals surface area contributed by atoms with Crippen LogP contribution in [0.1, 0.15) is 24.2 Å². The average molecular weight is 413 g/mol. The van der Waals surface area contributed by atoms with E-state index < -0.39 is 34.8 Å². The van der Waals surface area contributed by atoms with Crippen LogP contribution >= 0.6 is 12.4 Å². The molecule has 0 unspecified atom stereocenters. The summed E-state index contributed by atoms with van der Waals surface area (Å²) in [6.45, 7) is 2.55. The van der Waals surface area contributed by atoms with Crippen LogP contribution < -0.4 is 5.32 Å². The number of carboxylic acids is 1. The summed E-state index contributed by atoms with van der Waals surface area (Å²) in [5.41, 5.74) is -1.87. The van der Waals surface area contributed by atoms with Gasteiger partial charge in [-0.3, -0.25) is 4.79 Å². The predicted octanol–water partition coefficient (Wildman–Crippen LogP) is 2.39. The summed E-state index contributed by atoms with van der Waals surface area (Å²) < 4.78 is 28.2. The van der Waals surface area contributed by atoms with Gasteiger partial charge in [0.1, 0.15) is 34.8 Å². The zero-order chi connectivity index (χ0) is 19.9. The maximum Gasteiger partial charge on any atom is 0.328 e. The first-order valence-corrected chi connectivity index (χ1v) is 7.68. The number of benzene rings is 1. The molecule has 3 rings (SSSR count). The van der Waals surface area contributed by atoms with Crippen LogP contribution in [0.5, 0.6) is 5.75 Å². The minimum Gasteiger partial charge on any atom is -0.507 e. The van der Waals surface area contributed by atoms with E-state index in [9.17, 15) is 23.5 Å². The molecule has 3 N–H and O–H groups in total. The summed E-state index contributed by atoms with van der Waals surface area (Å²) in [5.74, 6) is -4.38. The van der Waals surface area contributed by atoms with Crippen LogP contribution in [0, 0.1) is 11.6 Å². The number of hydrogen-bond acceptors (Lipinski definition) is 5. The van der Waals surface area contributed by atoms with Crippen molar-refractivity contribution in [1.82, 2.24) is 19.9 Å². The number of aromatic nitrogens is 3. The molecule has 0 aliphatic rings. The predicted molar refractivity (Wildman–Crippen MR) is 96.4 cm³/mol. The molecule has 0 saturated carbocycles. The maximum atomic E-state index is 13.5. The number of rotatable bonds is 4. The first-order valence-electron chi connectivity index (χ1n) is 7.68. The Hall–Kier alpha value is -3.27. The fraction of sp³-hybridized carbons (Fsp3) is 0.176. The lowest BCUT2D eigenvalue weighted by Crippen LogP contribution is -2.49. The first kappa shape index (κ1) is 21.0. The summed E-state index contributed by atoms with van der Waals surface area (Å²) in [6, 6.07) is 3.86. The van der Waals surface area contributed by atoms with E-state index in [-0.39, 0.29) is 34.9 Å². The molecule has 3 aromatic rings. The van der Waals surface area contributed by atoms with Gasteiger partial charge in [-0.1, -0.05) is 0 Å². The summed E-state index contributed by atoms with van der Waals surface area (Å²) in [7, 11) is 0. The van der Waals surface area contributed by atoms with Crippen LogP contribution in [-0.2, 0) is 4.79 Å². The smallest absolute Gasteiger partial charge is 0.328 e. The van der Waals surface area contributed by atoms with Gasteiger partial charge in [0.05, 0.1) is 5.69 Å². The normalized spacial score (nSPS) is 11.1. The Morgan fingerprint density at radius 3 is 2.32 bits per heavy atom. The number of carbonyl (C=O) groups excluding carboxylic acids is 1. The largest absolute Gasteiger partial charge is 0.507 e. The molecule has 148 valence electrons. The lowest BCUT2D eigenvalue weighted by atomic mass is 10.0. The summed E-state index contributed by atoms with van der Waals surface area (Å²) in [4.78, 5) is 27.6. The van der Waals surface area contributed by atoms with Crippen molar-refractivity contribution in [2.75, 3.05) is 0 Å². The van der Waals surface area contributed by atoms with Gasteiger partial charge in [-0.05, 0) is 26.0 Å². The number of hydrogen-bond donors (Lipinski definition) is 3. The number of pyridine rings is 1. The molecule has 0 spiro atoms. The van der Waals surface area contributed by atoms with Crippen molar-refractivity contribution in [2.45, 2.75) is 19.4 Å². The fourth-order valence-corrected chi connectivity index (χ4v) is 2.49. The van der Waals surface area contributed by atoms with Gasteiger partial charge in [0.2, 0.25) is 0 Å². The molecule has 0 aliphatic heterocycles. The molecule has 2 aromatic heterocycles. The van der Waals surface area contributed by atoms with Crippen molar-refractivity contribution in [2.24, 2.45) is 0 Å². The number of carboxylic acid groups (broad SMARTS) is 1. The van der Waals surface area contributed by atoms with Gasteiger partial charge in [0, 0.05) is 17.7 Å². The lowest BCUT2D eigenvalue weighted by Gasteiger charge is -2.21. The molecular formula is C17H15ClF2N4O4. The quantitative estimate of drug-likeness (QED) is 0.605. The van der Waals surface area contributed by atoms with Gasteiger partial charge < -0.3 is 15.5 Å². The summed E-state index contributed by atoms with van der Waals surface area (Å²) in [6.07, 6.45) is 1.09. The molecule has 28 heavy (non-hydrogen) atoms. The third-order valence-corrected chi connectivity index (χ3v) is 3.88. The van der Waals surface area contributed by atoms with E-state index in [0.29, 0.717) is 6.07 Å². The Morgan fingerprint density at radius 2 is 1.75 bits per heavy atom. The molecule has 11 heteroatoms. The molecule has 1 amide bonds. The fourth-order valence-electron chi connectivity index (χ4n) is 2.49. The minimum absolute atomic E-state index is 0. The molecule has 2 heterocycles. The second-order valence-corrected chi connectivity index (χ2v) is 6.33. The van der Waals surface area contributed by atoms with Gasteiger partial charge >= 0.3 is 5.97 Å². The Balaban J connectivity index is 0.00000280. The van der Waals surface area contributed by atoms with E-state index in [0.717, 1.165) is 29.0 Å². The number of halogens is 3. The number of carbonyl (C=O) groups is 2. The van der Waals surface area contributed by atoms with Crippen LogP contribution in [0.3, 0.4) is 0 Å². The van der Waals surface area contributed by atoms with Crippen molar-refractivity contribution in [1.29, 1.82) is 0 Å². The number of nitrogens with one attached hydrogen (secondary N) is 1. The Labute approximate surface area is 163 Å². The van der Waals surface area contributed by atoms with E-state index in [2.05, 4.69) is 15.4 Å². The molecule has 0 aliphatic carbocycles. The Kier molecular flexibility index (Phi) is 5.55. The molecule has 0 saturated heterocycles. The molecular weight excluding hydrogens is 398 g/mol. The van der Waals surface area contributed by atoms with Crippen LogP contribution in [0.15, 0.2) is 30.6 Å². The second kappa shape index (κ2) is 7.39. The molecule has 0 radical (unpaired) electrons. The summed E-state index contributed by atoms with van der Waals surface area (Å²) in [5, 5.41) is 25.7. The summed E-state index contributed by atoms with van der Waals surface area (Å²) >= 11 is 0. The van der Waals surface area contributed by atoms with Crippen LogP contribution in [0.4, 0.5) is 8.78 Å². The van der Waals surface area contributed by atoms with Crippen LogP contribution in [-0.4, -0.2) is 42.2 Å². The lowest BCUT2D eigenvalue weighted by molar-refractivity contribution is -0.143. The van der Waals surface area contributed by atoms with Gasteiger partial charge in [0.15, 0.2) is 5.65 Å². The molecule has 8 nitrogen and oxygen atoms in total. The van der Waals surface area contributed by atoms with Crippen molar-refractivity contribution in [3.63, 3.8) is 0 Å². The molecule has 1 aromatic carbocycles. The van der Waals surface area contributed by atoms with Gasteiger partial charge in [-0.15, -0.1) is 12.4 Å². The average Bonchev–Trinajstić information content (AvgIpc) is 3.01. The third kappa shape index (κ3) is 3.72. The zero-order valence-corrected chi connectivity index (χ0v) is 15.4. The number of aromatic hydroxyl groups is 1. The van der Waals surface area contributed by atoms with Gasteiger partial charge in [0.25, 0.3) is 5.91 Å². The molecule has 0 bridgehead atoms. The highest BCUT2D eigenvalue weighted by atomic mass is 35.5. The van der Waals surface area contributed by atoms with E-state index >= 15 is 0 Å². The maximum absolute atomic E-state index is 13.5. The second-order valence-electron chi connectivity index (χ2n) is 6.33. The number of aliphatic carboxylic acids is 1. The topological polar surface area (TPSA) is 117 Å². The monoisotopic (exact) mass is 412 g/mol. The SMILES string of the molecule is CC(C)(NC(=O)c1c(O)cc(-c2cc(F)cc(F)c2)n2ncnc12)C(=O)O.Cl. The van der Waals surface area contributed by atoms with Crippen molar-refractivity contribution < 1.29 is 28.6 Å². The zero-order valence-electron chi connectivity index (χ0n) is 14.6. The third-order valence-electron chi connectivity index (χ3n) is 3.88. The van der Waals surface area contributed by atoms with Gasteiger partial charge in [-0.25, -0.2) is 23.1 Å². The highest BCUT2D eigenvalue weighted by molar-refractivity contribution is 6.05. The highest BCUT2D eigenvalue weighted by Crippen LogP contribution is 2.30. The van der Waals surface area contributed by atoms with Crippen LogP contribution in [0.2, 0.25) is 0 Å². The molecule has 0 atom stereocenters. The number of nitrogens with zero attached hydrogens (tertiary/aromatic N) is 3. The molecule has 0 fully saturated rings. The van der Waals surface area contributed by atoms with Crippen molar-refractivity contribution in [3.05, 3.63) is 47.8 Å². The van der Waals surface area contributed by atoms with E-state index in [4.69, 9.17) is 5.11 Å². The van der Waals surface area contributed by atoms with E-state index in [1.165, 1.54) is 13.8 Å². The number of amides is 1. The number of fused-ring (bicyclic) bond motifs is 1. The van der Waals surface area contributed by atoms with Crippen LogP contribution in [0.25, 0.3) is 16.9 Å². The van der Waals surface area contributed by atoms with Gasteiger partial charge in [-0.2, -0.15) is 5.10 Å². The van der Waals surface area contributed by atoms with Crippen molar-refractivity contribution >= 4 is 29.9 Å². The minimum atomic E-state index is -1.61. The van der Waals surface area contributed by atoms with E-state index in [1.54, 1.807) is 0 Å². The standard InChI is InChI=1S/C17H14F2N4O4.ClH/c1-17(2,16(26)27)22-15(25)13-12(24)6-11(23-14(13)20-7-21-23)8-3-9(18)5-10(19)4-8;/h3-7,24H,1-2H3,(H,22,25)(H,26,27);1H. The Bertz CT molecular complexity index is 1060.